The summed E-state index contributed by atoms with van der Waals surface area (Å²) in [5, 5.41) is 3.42. The number of halogens is 4. The van der Waals surface area contributed by atoms with Crippen molar-refractivity contribution in [3.8, 4) is 12.3 Å². The van der Waals surface area contributed by atoms with Crippen LogP contribution >= 0.6 is 11.6 Å². The quantitative estimate of drug-likeness (QED) is 0.762. The van der Waals surface area contributed by atoms with Crippen LogP contribution in [0.25, 0.3) is 0 Å². The molecule has 0 fully saturated rings. The summed E-state index contributed by atoms with van der Waals surface area (Å²) in [4.78, 5) is 8.65. The number of rotatable bonds is 2. The predicted molar refractivity (Wildman–Crippen MR) is 98.2 cm³/mol. The third kappa shape index (κ3) is 3.73. The van der Waals surface area contributed by atoms with Crippen molar-refractivity contribution in [2.45, 2.75) is 6.18 Å². The number of alkyl halides is 3. The summed E-state index contributed by atoms with van der Waals surface area (Å²) in [5.74, 6) is 2.87. The molecule has 2 aromatic rings. The van der Waals surface area contributed by atoms with E-state index in [4.69, 9.17) is 18.0 Å². The fourth-order valence-electron chi connectivity index (χ4n) is 2.57. The molecule has 26 heavy (non-hydrogen) atoms. The van der Waals surface area contributed by atoms with Gasteiger partial charge in [-0.05, 0) is 24.3 Å². The highest BCUT2D eigenvalue weighted by atomic mass is 35.5. The minimum absolute atomic E-state index is 0.148. The van der Waals surface area contributed by atoms with Gasteiger partial charge < -0.3 is 5.32 Å². The van der Waals surface area contributed by atoms with Crippen LogP contribution in [-0.4, -0.2) is 24.6 Å². The summed E-state index contributed by atoms with van der Waals surface area (Å²) in [5.41, 5.74) is 0.926. The average molecular weight is 376 g/mol. The van der Waals surface area contributed by atoms with Gasteiger partial charge in [0, 0.05) is 21.8 Å². The van der Waals surface area contributed by atoms with Crippen molar-refractivity contribution in [2.24, 2.45) is 9.98 Å². The summed E-state index contributed by atoms with van der Waals surface area (Å²) in [7, 11) is 0. The van der Waals surface area contributed by atoms with E-state index in [1.54, 1.807) is 24.3 Å². The van der Waals surface area contributed by atoms with E-state index in [1.807, 2.05) is 0 Å². The Morgan fingerprint density at radius 1 is 1.19 bits per heavy atom. The van der Waals surface area contributed by atoms with Gasteiger partial charge in [0.15, 0.2) is 0 Å². The molecule has 2 aromatic carbocycles. The fourth-order valence-corrected chi connectivity index (χ4v) is 2.80. The number of nitrogens with zero attached hydrogens (tertiary/aromatic N) is 2. The molecule has 1 aliphatic heterocycles. The van der Waals surface area contributed by atoms with Gasteiger partial charge in [-0.1, -0.05) is 35.7 Å². The topological polar surface area (TPSA) is 36.8 Å². The molecule has 1 heterocycles. The van der Waals surface area contributed by atoms with E-state index in [-0.39, 0.29) is 13.1 Å². The van der Waals surface area contributed by atoms with Gasteiger partial charge in [0.1, 0.15) is 12.4 Å². The van der Waals surface area contributed by atoms with E-state index in [0.717, 1.165) is 12.1 Å². The SMILES string of the molecule is C#CCN=C1CN=C(c2ccccc2Cl)c2cc(C(F)(F)F)ccc2N1. The van der Waals surface area contributed by atoms with Crippen LogP contribution in [0.3, 0.4) is 0 Å². The second kappa shape index (κ2) is 7.22. The molecule has 0 unspecified atom stereocenters. The van der Waals surface area contributed by atoms with E-state index in [9.17, 15) is 13.2 Å². The minimum Gasteiger partial charge on any atom is -0.342 e. The molecule has 132 valence electrons. The highest BCUT2D eigenvalue weighted by molar-refractivity contribution is 6.36. The van der Waals surface area contributed by atoms with Crippen molar-refractivity contribution < 1.29 is 13.2 Å². The van der Waals surface area contributed by atoms with Crippen molar-refractivity contribution >= 4 is 28.8 Å². The molecule has 0 bridgehead atoms. The molecule has 3 nitrogen and oxygen atoms in total. The van der Waals surface area contributed by atoms with Crippen LogP contribution in [0.2, 0.25) is 5.02 Å². The Balaban J connectivity index is 2.19. The molecule has 0 aromatic heterocycles. The number of fused-ring (bicyclic) bond motifs is 1. The number of hydrogen-bond acceptors (Lipinski definition) is 2. The second-order valence-corrected chi connectivity index (χ2v) is 5.90. The number of hydrogen-bond donors (Lipinski definition) is 1. The normalized spacial score (nSPS) is 15.5. The summed E-state index contributed by atoms with van der Waals surface area (Å²) in [6.45, 7) is 0.299. The number of amidine groups is 1. The van der Waals surface area contributed by atoms with Gasteiger partial charge in [-0.2, -0.15) is 13.2 Å². The van der Waals surface area contributed by atoms with Crippen LogP contribution in [0, 0.1) is 12.3 Å². The fraction of sp³-hybridized carbons (Fsp3) is 0.158. The van der Waals surface area contributed by atoms with Gasteiger partial charge >= 0.3 is 6.18 Å². The van der Waals surface area contributed by atoms with E-state index < -0.39 is 11.7 Å². The first kappa shape index (κ1) is 18.0. The molecular formula is C19H13ClF3N3. The maximum atomic E-state index is 13.2. The lowest BCUT2D eigenvalue weighted by Crippen LogP contribution is -2.15. The Hall–Kier alpha value is -2.78. The first-order valence-electron chi connectivity index (χ1n) is 7.65. The summed E-state index contributed by atoms with van der Waals surface area (Å²) < 4.78 is 39.5. The van der Waals surface area contributed by atoms with E-state index in [2.05, 4.69) is 21.2 Å². The Morgan fingerprint density at radius 3 is 2.65 bits per heavy atom. The molecule has 0 aliphatic carbocycles. The smallest absolute Gasteiger partial charge is 0.342 e. The van der Waals surface area contributed by atoms with Crippen LogP contribution in [0.15, 0.2) is 52.4 Å². The van der Waals surface area contributed by atoms with Crippen LogP contribution in [-0.2, 0) is 6.18 Å². The van der Waals surface area contributed by atoms with Crippen molar-refractivity contribution in [3.63, 3.8) is 0 Å². The largest absolute Gasteiger partial charge is 0.416 e. The van der Waals surface area contributed by atoms with Crippen LogP contribution < -0.4 is 5.32 Å². The van der Waals surface area contributed by atoms with Gasteiger partial charge in [0.2, 0.25) is 0 Å². The van der Waals surface area contributed by atoms with Gasteiger partial charge in [0.05, 0.1) is 17.8 Å². The molecule has 3 rings (SSSR count). The van der Waals surface area contributed by atoms with E-state index >= 15 is 0 Å². The highest BCUT2D eigenvalue weighted by Crippen LogP contribution is 2.34. The second-order valence-electron chi connectivity index (χ2n) is 5.49. The number of benzodiazepines with no additional fused rings is 1. The number of benzene rings is 2. The first-order chi connectivity index (χ1) is 12.4. The Morgan fingerprint density at radius 2 is 1.96 bits per heavy atom. The highest BCUT2D eigenvalue weighted by Gasteiger charge is 2.32. The van der Waals surface area contributed by atoms with Crippen molar-refractivity contribution in [2.75, 3.05) is 18.4 Å². The third-order valence-corrected chi connectivity index (χ3v) is 4.09. The number of aliphatic imine (C=N–C) groups is 2. The molecule has 0 atom stereocenters. The minimum atomic E-state index is -4.46. The summed E-state index contributed by atoms with van der Waals surface area (Å²) >= 11 is 6.25. The molecule has 0 saturated heterocycles. The Bertz CT molecular complexity index is 940. The molecule has 1 aliphatic rings. The van der Waals surface area contributed by atoms with Gasteiger partial charge in [-0.3, -0.25) is 9.98 Å². The molecule has 0 radical (unpaired) electrons. The number of anilines is 1. The maximum Gasteiger partial charge on any atom is 0.416 e. The average Bonchev–Trinajstić information content (AvgIpc) is 2.78. The maximum absolute atomic E-state index is 13.2. The molecule has 1 N–H and O–H groups in total. The summed E-state index contributed by atoms with van der Waals surface area (Å²) in [6.07, 6.45) is 0.757. The zero-order valence-corrected chi connectivity index (χ0v) is 14.2. The van der Waals surface area contributed by atoms with E-state index in [1.165, 1.54) is 6.07 Å². The Labute approximate surface area is 153 Å². The lowest BCUT2D eigenvalue weighted by atomic mass is 9.98. The molecule has 7 heteroatoms. The zero-order chi connectivity index (χ0) is 18.7. The Kier molecular flexibility index (Phi) is 5.01. The molecular weight excluding hydrogens is 363 g/mol. The van der Waals surface area contributed by atoms with Gasteiger partial charge in [-0.15, -0.1) is 6.42 Å². The van der Waals surface area contributed by atoms with Crippen LogP contribution in [0.5, 0.6) is 0 Å². The molecule has 0 saturated carbocycles. The first-order valence-corrected chi connectivity index (χ1v) is 8.02. The lowest BCUT2D eigenvalue weighted by molar-refractivity contribution is -0.137. The summed E-state index contributed by atoms with van der Waals surface area (Å²) in [6, 6.07) is 10.3. The van der Waals surface area contributed by atoms with Gasteiger partial charge in [0.25, 0.3) is 0 Å². The lowest BCUT2D eigenvalue weighted by Gasteiger charge is -2.15. The van der Waals surface area contributed by atoms with Gasteiger partial charge in [-0.25, -0.2) is 0 Å². The standard InChI is InChI=1S/C19H13ClF3N3/c1-2-9-24-17-11-25-18(13-5-3-4-6-15(13)20)14-10-12(19(21,22)23)7-8-16(14)26-17/h1,3-8,10H,9,11H2,(H,24,26). The van der Waals surface area contributed by atoms with Crippen LogP contribution in [0.4, 0.5) is 18.9 Å². The third-order valence-electron chi connectivity index (χ3n) is 3.76. The van der Waals surface area contributed by atoms with E-state index in [0.29, 0.717) is 33.4 Å². The molecule has 0 amide bonds. The van der Waals surface area contributed by atoms with Crippen molar-refractivity contribution in [3.05, 3.63) is 64.2 Å². The van der Waals surface area contributed by atoms with Crippen molar-refractivity contribution in [1.82, 2.24) is 0 Å². The number of terminal acetylenes is 1. The zero-order valence-electron chi connectivity index (χ0n) is 13.4. The number of nitrogens with one attached hydrogen (secondary N) is 1. The van der Waals surface area contributed by atoms with Crippen LogP contribution in [0.1, 0.15) is 16.7 Å². The van der Waals surface area contributed by atoms with Crippen molar-refractivity contribution in [1.29, 1.82) is 0 Å². The predicted octanol–water partition coefficient (Wildman–Crippen LogP) is 4.65. The monoisotopic (exact) mass is 375 g/mol. The molecule has 0 spiro atoms.